The first-order valence-corrected chi connectivity index (χ1v) is 12.6. The molecule has 8 heteroatoms. The SMILES string of the molecule is CCCCCCCN(CCc1ccc(OC(COC)OC)cc1)C(=O)Nc1ccc(OC)cc1OC. The maximum Gasteiger partial charge on any atom is 0.321 e. The summed E-state index contributed by atoms with van der Waals surface area (Å²) in [6.07, 6.45) is 5.95. The summed E-state index contributed by atoms with van der Waals surface area (Å²) >= 11 is 0. The standard InChI is InChI=1S/C28H42N2O6/c1-6-7-8-9-10-18-30(28(31)29-25-16-15-24(33-3)20-26(25)34-4)19-17-22-11-13-23(14-12-22)36-27(35-5)21-32-2/h11-16,20,27H,6-10,17-19,21H2,1-5H3,(H,29,31). The first kappa shape index (κ1) is 29.3. The van der Waals surface area contributed by atoms with Gasteiger partial charge in [-0.05, 0) is 42.7 Å². The van der Waals surface area contributed by atoms with Crippen molar-refractivity contribution in [3.05, 3.63) is 48.0 Å². The van der Waals surface area contributed by atoms with Gasteiger partial charge in [0.05, 0.1) is 19.9 Å². The molecule has 36 heavy (non-hydrogen) atoms. The first-order valence-electron chi connectivity index (χ1n) is 12.6. The van der Waals surface area contributed by atoms with Gasteiger partial charge in [0.2, 0.25) is 6.29 Å². The third-order valence-corrected chi connectivity index (χ3v) is 5.90. The average Bonchev–Trinajstić information content (AvgIpc) is 2.90. The molecule has 1 unspecified atom stereocenters. The lowest BCUT2D eigenvalue weighted by molar-refractivity contribution is -0.0931. The van der Waals surface area contributed by atoms with E-state index in [-0.39, 0.29) is 6.03 Å². The highest BCUT2D eigenvalue weighted by atomic mass is 16.7. The molecule has 0 fully saturated rings. The molecule has 1 atom stereocenters. The van der Waals surface area contributed by atoms with E-state index < -0.39 is 6.29 Å². The van der Waals surface area contributed by atoms with Crippen LogP contribution in [0.15, 0.2) is 42.5 Å². The fourth-order valence-corrected chi connectivity index (χ4v) is 3.75. The van der Waals surface area contributed by atoms with Crippen molar-refractivity contribution in [1.82, 2.24) is 4.90 Å². The Morgan fingerprint density at radius 3 is 2.25 bits per heavy atom. The number of carbonyl (C=O) groups excluding carboxylic acids is 1. The van der Waals surface area contributed by atoms with E-state index in [0.29, 0.717) is 42.6 Å². The van der Waals surface area contributed by atoms with Gasteiger partial charge in [-0.1, -0.05) is 44.7 Å². The lowest BCUT2D eigenvalue weighted by atomic mass is 10.1. The Kier molecular flexibility index (Phi) is 13.5. The molecule has 200 valence electrons. The number of nitrogens with zero attached hydrogens (tertiary/aromatic N) is 1. The van der Waals surface area contributed by atoms with E-state index in [1.807, 2.05) is 29.2 Å². The predicted octanol–water partition coefficient (Wildman–Crippen LogP) is 5.75. The molecule has 0 aliphatic heterocycles. The number of carbonyl (C=O) groups is 1. The second-order valence-corrected chi connectivity index (χ2v) is 8.53. The minimum absolute atomic E-state index is 0.142. The number of anilines is 1. The highest BCUT2D eigenvalue weighted by Crippen LogP contribution is 2.29. The largest absolute Gasteiger partial charge is 0.497 e. The molecule has 2 aromatic rings. The number of nitrogens with one attached hydrogen (secondary N) is 1. The third kappa shape index (κ3) is 9.95. The maximum atomic E-state index is 13.2. The first-order chi connectivity index (χ1) is 17.5. The van der Waals surface area contributed by atoms with Gasteiger partial charge >= 0.3 is 6.03 Å². The highest BCUT2D eigenvalue weighted by Gasteiger charge is 2.16. The molecule has 0 radical (unpaired) electrons. The van der Waals surface area contributed by atoms with Crippen molar-refractivity contribution in [2.75, 3.05) is 53.5 Å². The van der Waals surface area contributed by atoms with Crippen LogP contribution in [0.5, 0.6) is 17.2 Å². The fourth-order valence-electron chi connectivity index (χ4n) is 3.75. The normalized spacial score (nSPS) is 11.6. The highest BCUT2D eigenvalue weighted by molar-refractivity contribution is 5.91. The fraction of sp³-hybridized carbons (Fsp3) is 0.536. The monoisotopic (exact) mass is 502 g/mol. The minimum atomic E-state index is -0.456. The summed E-state index contributed by atoms with van der Waals surface area (Å²) in [6, 6.07) is 13.1. The Morgan fingerprint density at radius 2 is 1.61 bits per heavy atom. The van der Waals surface area contributed by atoms with Gasteiger partial charge in [-0.3, -0.25) is 0 Å². The molecule has 0 saturated heterocycles. The predicted molar refractivity (Wildman–Crippen MR) is 142 cm³/mol. The van der Waals surface area contributed by atoms with E-state index in [9.17, 15) is 4.79 Å². The van der Waals surface area contributed by atoms with Gasteiger partial charge in [0.1, 0.15) is 23.9 Å². The molecule has 2 amide bonds. The van der Waals surface area contributed by atoms with Crippen LogP contribution in [-0.4, -0.2) is 65.4 Å². The number of methoxy groups -OCH3 is 4. The quantitative estimate of drug-likeness (QED) is 0.219. The third-order valence-electron chi connectivity index (χ3n) is 5.90. The second-order valence-electron chi connectivity index (χ2n) is 8.53. The zero-order valence-electron chi connectivity index (χ0n) is 22.4. The molecule has 8 nitrogen and oxygen atoms in total. The molecule has 0 heterocycles. The molecule has 0 bridgehead atoms. The molecule has 2 rings (SSSR count). The van der Waals surface area contributed by atoms with E-state index in [0.717, 1.165) is 24.8 Å². The van der Waals surface area contributed by atoms with Crippen molar-refractivity contribution in [2.24, 2.45) is 0 Å². The summed E-state index contributed by atoms with van der Waals surface area (Å²) in [5.41, 5.74) is 1.73. The number of urea groups is 1. The Labute approximate surface area is 215 Å². The summed E-state index contributed by atoms with van der Waals surface area (Å²) in [6.45, 7) is 3.84. The zero-order valence-corrected chi connectivity index (χ0v) is 22.4. The summed E-state index contributed by atoms with van der Waals surface area (Å²) in [4.78, 5) is 15.1. The van der Waals surface area contributed by atoms with E-state index in [1.54, 1.807) is 46.6 Å². The molecule has 1 N–H and O–H groups in total. The van der Waals surface area contributed by atoms with Crippen LogP contribution < -0.4 is 19.5 Å². The lowest BCUT2D eigenvalue weighted by Crippen LogP contribution is -2.37. The van der Waals surface area contributed by atoms with Crippen LogP contribution in [0.25, 0.3) is 0 Å². The summed E-state index contributed by atoms with van der Waals surface area (Å²) in [5.74, 6) is 1.94. The summed E-state index contributed by atoms with van der Waals surface area (Å²) in [5, 5.41) is 3.01. The number of hydrogen-bond acceptors (Lipinski definition) is 6. The van der Waals surface area contributed by atoms with Crippen LogP contribution in [0.1, 0.15) is 44.6 Å². The number of ether oxygens (including phenoxy) is 5. The van der Waals surface area contributed by atoms with Crippen molar-refractivity contribution < 1.29 is 28.5 Å². The van der Waals surface area contributed by atoms with Gasteiger partial charge in [-0.2, -0.15) is 0 Å². The molecule has 0 aromatic heterocycles. The number of rotatable bonds is 17. The Hall–Kier alpha value is -2.97. The van der Waals surface area contributed by atoms with Gasteiger partial charge in [0, 0.05) is 33.4 Å². The number of amides is 2. The van der Waals surface area contributed by atoms with E-state index in [1.165, 1.54) is 19.3 Å². The van der Waals surface area contributed by atoms with Crippen molar-refractivity contribution in [2.45, 2.75) is 51.7 Å². The maximum absolute atomic E-state index is 13.2. The Balaban J connectivity index is 2.02. The van der Waals surface area contributed by atoms with Crippen LogP contribution in [0, 0.1) is 0 Å². The molecule has 0 aliphatic carbocycles. The molecular weight excluding hydrogens is 460 g/mol. The van der Waals surface area contributed by atoms with Crippen LogP contribution >= 0.6 is 0 Å². The summed E-state index contributed by atoms with van der Waals surface area (Å²) in [7, 11) is 6.37. The number of unbranched alkanes of at least 4 members (excludes halogenated alkanes) is 4. The van der Waals surface area contributed by atoms with Gasteiger partial charge in [0.25, 0.3) is 0 Å². The van der Waals surface area contributed by atoms with Crippen LogP contribution in [0.4, 0.5) is 10.5 Å². The number of hydrogen-bond donors (Lipinski definition) is 1. The van der Waals surface area contributed by atoms with Crippen molar-refractivity contribution in [1.29, 1.82) is 0 Å². The number of benzene rings is 2. The molecule has 2 aromatic carbocycles. The molecular formula is C28H42N2O6. The summed E-state index contributed by atoms with van der Waals surface area (Å²) < 4.78 is 26.8. The van der Waals surface area contributed by atoms with E-state index in [2.05, 4.69) is 12.2 Å². The van der Waals surface area contributed by atoms with Gasteiger partial charge in [0.15, 0.2) is 0 Å². The van der Waals surface area contributed by atoms with Crippen molar-refractivity contribution >= 4 is 11.7 Å². The van der Waals surface area contributed by atoms with Gasteiger partial charge in [-0.15, -0.1) is 0 Å². The topological polar surface area (TPSA) is 78.5 Å². The second kappa shape index (κ2) is 16.7. The Morgan fingerprint density at radius 1 is 0.889 bits per heavy atom. The van der Waals surface area contributed by atoms with Crippen LogP contribution in [0.3, 0.4) is 0 Å². The van der Waals surface area contributed by atoms with Crippen LogP contribution in [0.2, 0.25) is 0 Å². The molecule has 0 spiro atoms. The van der Waals surface area contributed by atoms with E-state index in [4.69, 9.17) is 23.7 Å². The van der Waals surface area contributed by atoms with Gasteiger partial charge < -0.3 is 33.9 Å². The van der Waals surface area contributed by atoms with Crippen LogP contribution in [-0.2, 0) is 15.9 Å². The lowest BCUT2D eigenvalue weighted by Gasteiger charge is -2.24. The molecule has 0 aliphatic rings. The van der Waals surface area contributed by atoms with E-state index >= 15 is 0 Å². The smallest absolute Gasteiger partial charge is 0.321 e. The minimum Gasteiger partial charge on any atom is -0.497 e. The Bertz CT molecular complexity index is 890. The average molecular weight is 503 g/mol. The van der Waals surface area contributed by atoms with Crippen molar-refractivity contribution in [3.63, 3.8) is 0 Å². The van der Waals surface area contributed by atoms with Gasteiger partial charge in [-0.25, -0.2) is 4.79 Å². The van der Waals surface area contributed by atoms with Crippen molar-refractivity contribution in [3.8, 4) is 17.2 Å². The molecule has 0 saturated carbocycles. The zero-order chi connectivity index (χ0) is 26.2.